The van der Waals surface area contributed by atoms with E-state index in [1.807, 2.05) is 23.9 Å². The Balaban J connectivity index is 1.82. The first-order chi connectivity index (χ1) is 6.84. The van der Waals surface area contributed by atoms with E-state index < -0.39 is 0 Å². The highest BCUT2D eigenvalue weighted by Crippen LogP contribution is 2.22. The van der Waals surface area contributed by atoms with Gasteiger partial charge in [0.2, 0.25) is 0 Å². The van der Waals surface area contributed by atoms with E-state index in [1.165, 1.54) is 30.0 Å². The number of benzene rings is 1. The number of nitrogens with one attached hydrogen (secondary N) is 1. The molecule has 0 saturated carbocycles. The summed E-state index contributed by atoms with van der Waals surface area (Å²) >= 11 is 7.72. The van der Waals surface area contributed by atoms with E-state index >= 15 is 0 Å². The van der Waals surface area contributed by atoms with Crippen LogP contribution in [0.3, 0.4) is 0 Å². The fourth-order valence-electron chi connectivity index (χ4n) is 1.63. The van der Waals surface area contributed by atoms with Crippen LogP contribution in [0.25, 0.3) is 0 Å². The van der Waals surface area contributed by atoms with Gasteiger partial charge in [-0.1, -0.05) is 11.6 Å². The molecule has 0 amide bonds. The molecule has 0 radical (unpaired) electrons. The maximum absolute atomic E-state index is 5.82. The van der Waals surface area contributed by atoms with Gasteiger partial charge < -0.3 is 5.32 Å². The third-order valence-corrected chi connectivity index (χ3v) is 3.85. The fraction of sp³-hybridized carbons (Fsp3) is 0.455. The van der Waals surface area contributed by atoms with Crippen molar-refractivity contribution in [3.63, 3.8) is 0 Å². The van der Waals surface area contributed by atoms with E-state index in [9.17, 15) is 0 Å². The molecule has 1 aromatic rings. The van der Waals surface area contributed by atoms with E-state index in [2.05, 4.69) is 17.4 Å². The maximum Gasteiger partial charge on any atom is 0.0406 e. The van der Waals surface area contributed by atoms with E-state index in [1.54, 1.807) is 0 Å². The smallest absolute Gasteiger partial charge is 0.0406 e. The molecule has 1 fully saturated rings. The van der Waals surface area contributed by atoms with Gasteiger partial charge in [-0.25, -0.2) is 0 Å². The van der Waals surface area contributed by atoms with E-state index in [0.29, 0.717) is 6.04 Å². The zero-order valence-corrected chi connectivity index (χ0v) is 9.57. The second-order valence-electron chi connectivity index (χ2n) is 3.56. The molecule has 1 aliphatic heterocycles. The van der Waals surface area contributed by atoms with Crippen molar-refractivity contribution in [1.29, 1.82) is 0 Å². The van der Waals surface area contributed by atoms with Gasteiger partial charge in [-0.05, 0) is 43.7 Å². The maximum atomic E-state index is 5.82. The Bertz CT molecular complexity index is 280. The Morgan fingerprint density at radius 3 is 2.79 bits per heavy atom. The van der Waals surface area contributed by atoms with Gasteiger partial charge >= 0.3 is 0 Å². The minimum absolute atomic E-state index is 0.704. The van der Waals surface area contributed by atoms with Crippen molar-refractivity contribution in [3.05, 3.63) is 29.3 Å². The Kier molecular flexibility index (Phi) is 3.74. The molecule has 1 aromatic carbocycles. The average molecular weight is 228 g/mol. The van der Waals surface area contributed by atoms with Gasteiger partial charge in [0.05, 0.1) is 0 Å². The highest BCUT2D eigenvalue weighted by Gasteiger charge is 2.13. The minimum atomic E-state index is 0.704. The SMILES string of the molecule is Clc1ccc(SC[C@H]2CCCN2)cc1. The van der Waals surface area contributed by atoms with Crippen molar-refractivity contribution >= 4 is 23.4 Å². The molecule has 1 N–H and O–H groups in total. The number of thioether (sulfide) groups is 1. The summed E-state index contributed by atoms with van der Waals surface area (Å²) in [5.41, 5.74) is 0. The molecule has 1 heterocycles. The van der Waals surface area contributed by atoms with Crippen molar-refractivity contribution < 1.29 is 0 Å². The topological polar surface area (TPSA) is 12.0 Å². The molecule has 76 valence electrons. The van der Waals surface area contributed by atoms with Crippen LogP contribution in [-0.4, -0.2) is 18.3 Å². The zero-order chi connectivity index (χ0) is 9.80. The van der Waals surface area contributed by atoms with Gasteiger partial charge in [0.1, 0.15) is 0 Å². The van der Waals surface area contributed by atoms with Crippen molar-refractivity contribution in [1.82, 2.24) is 5.32 Å². The predicted molar refractivity (Wildman–Crippen MR) is 63.2 cm³/mol. The van der Waals surface area contributed by atoms with Crippen molar-refractivity contribution in [2.75, 3.05) is 12.3 Å². The molecule has 14 heavy (non-hydrogen) atoms. The Morgan fingerprint density at radius 2 is 2.14 bits per heavy atom. The van der Waals surface area contributed by atoms with Crippen molar-refractivity contribution in [2.45, 2.75) is 23.8 Å². The number of rotatable bonds is 3. The van der Waals surface area contributed by atoms with Gasteiger partial charge in [0.25, 0.3) is 0 Å². The fourth-order valence-corrected chi connectivity index (χ4v) is 2.76. The highest BCUT2D eigenvalue weighted by atomic mass is 35.5. The molecular weight excluding hydrogens is 214 g/mol. The van der Waals surface area contributed by atoms with Gasteiger partial charge in [-0.15, -0.1) is 11.8 Å². The van der Waals surface area contributed by atoms with Gasteiger partial charge in [0, 0.05) is 21.7 Å². The number of hydrogen-bond donors (Lipinski definition) is 1. The third-order valence-electron chi connectivity index (χ3n) is 2.43. The summed E-state index contributed by atoms with van der Waals surface area (Å²) in [5, 5.41) is 4.30. The molecule has 1 atom stereocenters. The molecule has 0 unspecified atom stereocenters. The molecule has 0 aromatic heterocycles. The average Bonchev–Trinajstić information content (AvgIpc) is 2.70. The minimum Gasteiger partial charge on any atom is -0.313 e. The summed E-state index contributed by atoms with van der Waals surface area (Å²) in [5.74, 6) is 1.17. The van der Waals surface area contributed by atoms with Crippen LogP contribution < -0.4 is 5.32 Å². The first-order valence-corrected chi connectivity index (χ1v) is 6.33. The lowest BCUT2D eigenvalue weighted by Crippen LogP contribution is -2.23. The Hall–Kier alpha value is -0.180. The summed E-state index contributed by atoms with van der Waals surface area (Å²) in [6, 6.07) is 8.78. The summed E-state index contributed by atoms with van der Waals surface area (Å²) in [4.78, 5) is 1.31. The summed E-state index contributed by atoms with van der Waals surface area (Å²) in [6.45, 7) is 1.19. The van der Waals surface area contributed by atoms with Crippen LogP contribution in [0.15, 0.2) is 29.2 Å². The van der Waals surface area contributed by atoms with E-state index in [-0.39, 0.29) is 0 Å². The van der Waals surface area contributed by atoms with Crippen molar-refractivity contribution in [2.24, 2.45) is 0 Å². The normalized spacial score (nSPS) is 21.4. The second-order valence-corrected chi connectivity index (χ2v) is 5.09. The molecule has 1 aliphatic rings. The van der Waals surface area contributed by atoms with Crippen LogP contribution >= 0.6 is 23.4 Å². The van der Waals surface area contributed by atoms with E-state index in [4.69, 9.17) is 11.6 Å². The second kappa shape index (κ2) is 5.06. The molecular formula is C11H14ClNS. The molecule has 2 rings (SSSR count). The lowest BCUT2D eigenvalue weighted by molar-refractivity contribution is 0.674. The quantitative estimate of drug-likeness (QED) is 0.797. The van der Waals surface area contributed by atoms with Crippen LogP contribution in [0.1, 0.15) is 12.8 Å². The monoisotopic (exact) mass is 227 g/mol. The van der Waals surface area contributed by atoms with Crippen LogP contribution in [0.5, 0.6) is 0 Å². The largest absolute Gasteiger partial charge is 0.313 e. The van der Waals surface area contributed by atoms with Crippen LogP contribution in [0, 0.1) is 0 Å². The third kappa shape index (κ3) is 2.91. The van der Waals surface area contributed by atoms with Crippen LogP contribution in [0.2, 0.25) is 5.02 Å². The number of halogens is 1. The molecule has 1 nitrogen and oxygen atoms in total. The molecule has 0 bridgehead atoms. The summed E-state index contributed by atoms with van der Waals surface area (Å²) < 4.78 is 0. The van der Waals surface area contributed by atoms with Crippen LogP contribution in [-0.2, 0) is 0 Å². The highest BCUT2D eigenvalue weighted by molar-refractivity contribution is 7.99. The molecule has 1 saturated heterocycles. The van der Waals surface area contributed by atoms with E-state index in [0.717, 1.165) is 5.02 Å². The number of hydrogen-bond acceptors (Lipinski definition) is 2. The van der Waals surface area contributed by atoms with Gasteiger partial charge in [0.15, 0.2) is 0 Å². The van der Waals surface area contributed by atoms with Gasteiger partial charge in [-0.3, -0.25) is 0 Å². The summed E-state index contributed by atoms with van der Waals surface area (Å²) in [7, 11) is 0. The van der Waals surface area contributed by atoms with Gasteiger partial charge in [-0.2, -0.15) is 0 Å². The first kappa shape index (κ1) is 10.3. The van der Waals surface area contributed by atoms with Crippen LogP contribution in [0.4, 0.5) is 0 Å². The molecule has 0 aliphatic carbocycles. The lowest BCUT2D eigenvalue weighted by Gasteiger charge is -2.08. The first-order valence-electron chi connectivity index (χ1n) is 4.96. The molecule has 0 spiro atoms. The summed E-state index contributed by atoms with van der Waals surface area (Å²) in [6.07, 6.45) is 2.65. The Labute approximate surface area is 94.2 Å². The predicted octanol–water partition coefficient (Wildman–Crippen LogP) is 3.18. The lowest BCUT2D eigenvalue weighted by atomic mass is 10.3. The zero-order valence-electron chi connectivity index (χ0n) is 8.00. The van der Waals surface area contributed by atoms with Crippen molar-refractivity contribution in [3.8, 4) is 0 Å². The Morgan fingerprint density at radius 1 is 1.36 bits per heavy atom. The standard InChI is InChI=1S/C11H14ClNS/c12-9-3-5-11(6-4-9)14-8-10-2-1-7-13-10/h3-6,10,13H,1-2,7-8H2/t10-/m1/s1. The molecule has 3 heteroatoms.